The summed E-state index contributed by atoms with van der Waals surface area (Å²) in [6, 6.07) is 4.07. The Labute approximate surface area is 139 Å². The predicted molar refractivity (Wildman–Crippen MR) is 84.7 cm³/mol. The van der Waals surface area contributed by atoms with Gasteiger partial charge in [0.1, 0.15) is 0 Å². The number of nitrogens with zero attached hydrogens (tertiary/aromatic N) is 2. The van der Waals surface area contributed by atoms with Gasteiger partial charge in [0.15, 0.2) is 6.61 Å². The quantitative estimate of drug-likeness (QED) is 0.471. The van der Waals surface area contributed by atoms with Gasteiger partial charge in [-0.05, 0) is 26.8 Å². The maximum Gasteiger partial charge on any atom is 0.338 e. The van der Waals surface area contributed by atoms with E-state index in [1.54, 1.807) is 11.8 Å². The molecule has 0 aliphatic carbocycles. The van der Waals surface area contributed by atoms with Crippen LogP contribution in [-0.2, 0) is 14.3 Å². The second kappa shape index (κ2) is 7.39. The molecule has 1 fully saturated rings. The van der Waals surface area contributed by atoms with Crippen molar-refractivity contribution in [1.29, 1.82) is 0 Å². The van der Waals surface area contributed by atoms with Crippen LogP contribution in [0.3, 0.4) is 0 Å². The molecule has 1 heterocycles. The van der Waals surface area contributed by atoms with Crippen LogP contribution in [0, 0.1) is 17.0 Å². The minimum atomic E-state index is -0.763. The first kappa shape index (κ1) is 17.9. The molecule has 130 valence electrons. The topological polar surface area (TPSA) is 99.0 Å². The zero-order valence-corrected chi connectivity index (χ0v) is 13.9. The molecule has 0 radical (unpaired) electrons. The maximum absolute atomic E-state index is 12.1. The third-order valence-electron chi connectivity index (χ3n) is 3.74. The number of hydrogen-bond acceptors (Lipinski definition) is 6. The number of rotatable bonds is 4. The van der Waals surface area contributed by atoms with Crippen molar-refractivity contribution in [3.8, 4) is 0 Å². The zero-order valence-electron chi connectivity index (χ0n) is 13.9. The number of carbonyl (C=O) groups excluding carboxylic acids is 2. The summed E-state index contributed by atoms with van der Waals surface area (Å²) in [5.74, 6) is -1.08. The zero-order chi connectivity index (χ0) is 17.9. The van der Waals surface area contributed by atoms with E-state index in [1.165, 1.54) is 12.1 Å². The molecule has 1 amide bonds. The van der Waals surface area contributed by atoms with Crippen molar-refractivity contribution in [2.24, 2.45) is 0 Å². The van der Waals surface area contributed by atoms with Crippen LogP contribution in [0.2, 0.25) is 0 Å². The van der Waals surface area contributed by atoms with Gasteiger partial charge < -0.3 is 14.4 Å². The number of aryl methyl sites for hydroxylation is 1. The standard InChI is InChI=1S/C16H20N2O6/c1-10-4-5-13(6-14(10)18(21)22)16(20)23-9-15(19)17-7-11(2)24-12(3)8-17/h4-6,11-12H,7-9H2,1-3H3/t11-,12-/m0/s1. The summed E-state index contributed by atoms with van der Waals surface area (Å²) >= 11 is 0. The lowest BCUT2D eigenvalue weighted by Crippen LogP contribution is -2.49. The van der Waals surface area contributed by atoms with Gasteiger partial charge in [-0.1, -0.05) is 6.07 Å². The fourth-order valence-electron chi connectivity index (χ4n) is 2.62. The van der Waals surface area contributed by atoms with Crippen LogP contribution in [0.1, 0.15) is 29.8 Å². The lowest BCUT2D eigenvalue weighted by Gasteiger charge is -2.35. The molecular weight excluding hydrogens is 316 g/mol. The van der Waals surface area contributed by atoms with Crippen LogP contribution in [0.25, 0.3) is 0 Å². The van der Waals surface area contributed by atoms with Crippen LogP contribution in [-0.4, -0.2) is 53.6 Å². The molecule has 1 aliphatic heterocycles. The number of morpholine rings is 1. The second-order valence-electron chi connectivity index (χ2n) is 5.89. The van der Waals surface area contributed by atoms with Crippen molar-refractivity contribution in [1.82, 2.24) is 4.90 Å². The smallest absolute Gasteiger partial charge is 0.338 e. The van der Waals surface area contributed by atoms with Crippen LogP contribution in [0.5, 0.6) is 0 Å². The second-order valence-corrected chi connectivity index (χ2v) is 5.89. The van der Waals surface area contributed by atoms with Gasteiger partial charge in [-0.3, -0.25) is 14.9 Å². The Bertz CT molecular complexity index is 650. The fourth-order valence-corrected chi connectivity index (χ4v) is 2.62. The first-order valence-electron chi connectivity index (χ1n) is 7.63. The monoisotopic (exact) mass is 336 g/mol. The Hall–Kier alpha value is -2.48. The lowest BCUT2D eigenvalue weighted by atomic mass is 10.1. The molecule has 0 spiro atoms. The van der Waals surface area contributed by atoms with Gasteiger partial charge in [0.05, 0.1) is 22.7 Å². The molecule has 0 bridgehead atoms. The Kier molecular flexibility index (Phi) is 5.50. The van der Waals surface area contributed by atoms with Gasteiger partial charge in [-0.2, -0.15) is 0 Å². The van der Waals surface area contributed by atoms with E-state index in [2.05, 4.69) is 0 Å². The highest BCUT2D eigenvalue weighted by atomic mass is 16.6. The molecule has 1 aromatic carbocycles. The molecule has 1 aromatic rings. The first-order chi connectivity index (χ1) is 11.3. The molecular formula is C16H20N2O6. The van der Waals surface area contributed by atoms with E-state index in [4.69, 9.17) is 9.47 Å². The summed E-state index contributed by atoms with van der Waals surface area (Å²) in [5, 5.41) is 10.9. The number of benzene rings is 1. The van der Waals surface area contributed by atoms with Crippen LogP contribution < -0.4 is 0 Å². The molecule has 0 saturated carbocycles. The van der Waals surface area contributed by atoms with Crippen molar-refractivity contribution in [2.45, 2.75) is 33.0 Å². The molecule has 24 heavy (non-hydrogen) atoms. The highest BCUT2D eigenvalue weighted by molar-refractivity contribution is 5.92. The molecule has 0 N–H and O–H groups in total. The van der Waals surface area contributed by atoms with Crippen molar-refractivity contribution in [3.63, 3.8) is 0 Å². The number of nitro benzene ring substituents is 1. The highest BCUT2D eigenvalue weighted by Gasteiger charge is 2.26. The average molecular weight is 336 g/mol. The van der Waals surface area contributed by atoms with E-state index in [1.807, 2.05) is 13.8 Å². The lowest BCUT2D eigenvalue weighted by molar-refractivity contribution is -0.385. The molecule has 2 atom stereocenters. The molecule has 8 nitrogen and oxygen atoms in total. The number of carbonyl (C=O) groups is 2. The SMILES string of the molecule is Cc1ccc(C(=O)OCC(=O)N2C[C@H](C)O[C@@H](C)C2)cc1[N+](=O)[O-]. The minimum Gasteiger partial charge on any atom is -0.452 e. The van der Waals surface area contributed by atoms with Crippen LogP contribution in [0.4, 0.5) is 5.69 Å². The van der Waals surface area contributed by atoms with Crippen molar-refractivity contribution in [3.05, 3.63) is 39.4 Å². The van der Waals surface area contributed by atoms with Crippen LogP contribution in [0.15, 0.2) is 18.2 Å². The van der Waals surface area contributed by atoms with Gasteiger partial charge >= 0.3 is 5.97 Å². The van der Waals surface area contributed by atoms with Gasteiger partial charge in [-0.25, -0.2) is 4.79 Å². The largest absolute Gasteiger partial charge is 0.452 e. The van der Waals surface area contributed by atoms with E-state index >= 15 is 0 Å². The Morgan fingerprint density at radius 2 is 1.96 bits per heavy atom. The third-order valence-corrected chi connectivity index (χ3v) is 3.74. The molecule has 8 heteroatoms. The molecule has 1 aliphatic rings. The number of hydrogen-bond donors (Lipinski definition) is 0. The van der Waals surface area contributed by atoms with Gasteiger partial charge in [-0.15, -0.1) is 0 Å². The summed E-state index contributed by atoms with van der Waals surface area (Å²) in [6.45, 7) is 5.80. The van der Waals surface area contributed by atoms with E-state index < -0.39 is 17.5 Å². The van der Waals surface area contributed by atoms with E-state index in [0.717, 1.165) is 6.07 Å². The Morgan fingerprint density at radius 1 is 1.33 bits per heavy atom. The van der Waals surface area contributed by atoms with E-state index in [-0.39, 0.29) is 29.4 Å². The highest BCUT2D eigenvalue weighted by Crippen LogP contribution is 2.20. The minimum absolute atomic E-state index is 0.0452. The number of amides is 1. The fraction of sp³-hybridized carbons (Fsp3) is 0.500. The molecule has 0 aromatic heterocycles. The van der Waals surface area contributed by atoms with Gasteiger partial charge in [0.2, 0.25) is 0 Å². The van der Waals surface area contributed by atoms with Gasteiger partial charge in [0.25, 0.3) is 11.6 Å². The number of ether oxygens (including phenoxy) is 2. The van der Waals surface area contributed by atoms with Gasteiger partial charge in [0, 0.05) is 24.7 Å². The van der Waals surface area contributed by atoms with Crippen molar-refractivity contribution < 1.29 is 24.0 Å². The maximum atomic E-state index is 12.1. The summed E-state index contributed by atoms with van der Waals surface area (Å²) in [4.78, 5) is 36.1. The predicted octanol–water partition coefficient (Wildman–Crippen LogP) is 1.70. The summed E-state index contributed by atoms with van der Waals surface area (Å²) in [6.07, 6.45) is -0.152. The third kappa shape index (κ3) is 4.29. The molecule has 2 rings (SSSR count). The Balaban J connectivity index is 1.96. The van der Waals surface area contributed by atoms with Crippen molar-refractivity contribution >= 4 is 17.6 Å². The average Bonchev–Trinajstić information content (AvgIpc) is 2.51. The number of esters is 1. The summed E-state index contributed by atoms with van der Waals surface area (Å²) < 4.78 is 10.5. The first-order valence-corrected chi connectivity index (χ1v) is 7.63. The summed E-state index contributed by atoms with van der Waals surface area (Å²) in [7, 11) is 0. The van der Waals surface area contributed by atoms with Crippen molar-refractivity contribution in [2.75, 3.05) is 19.7 Å². The van der Waals surface area contributed by atoms with E-state index in [0.29, 0.717) is 18.7 Å². The van der Waals surface area contributed by atoms with E-state index in [9.17, 15) is 19.7 Å². The Morgan fingerprint density at radius 3 is 2.54 bits per heavy atom. The normalized spacial score (nSPS) is 20.5. The van der Waals surface area contributed by atoms with Crippen LogP contribution >= 0.6 is 0 Å². The molecule has 1 saturated heterocycles. The summed E-state index contributed by atoms with van der Waals surface area (Å²) in [5.41, 5.74) is 0.333. The molecule has 0 unspecified atom stereocenters. The number of nitro groups is 1.